The number of benzene rings is 1. The Morgan fingerprint density at radius 2 is 2.17 bits per heavy atom. The zero-order valence-electron chi connectivity index (χ0n) is 10.8. The van der Waals surface area contributed by atoms with Crippen molar-refractivity contribution in [2.24, 2.45) is 0 Å². The van der Waals surface area contributed by atoms with E-state index in [1.54, 1.807) is 18.4 Å². The van der Waals surface area contributed by atoms with Crippen molar-refractivity contribution >= 4 is 11.3 Å². The summed E-state index contributed by atoms with van der Waals surface area (Å²) in [4.78, 5) is 4.66. The fourth-order valence-electron chi connectivity index (χ4n) is 1.78. The second kappa shape index (κ2) is 6.64. The first kappa shape index (κ1) is 13.2. The van der Waals surface area contributed by atoms with Gasteiger partial charge in [0.25, 0.3) is 0 Å². The summed E-state index contributed by atoms with van der Waals surface area (Å²) in [5.74, 6) is 0. The molecule has 0 aliphatic rings. The van der Waals surface area contributed by atoms with Crippen molar-refractivity contribution in [3.8, 4) is 10.6 Å². The van der Waals surface area contributed by atoms with Gasteiger partial charge in [-0.05, 0) is 12.1 Å². The highest BCUT2D eigenvalue weighted by atomic mass is 32.1. The first-order valence-corrected chi connectivity index (χ1v) is 6.95. The highest BCUT2D eigenvalue weighted by Crippen LogP contribution is 2.27. The number of nitrogens with zero attached hydrogens (tertiary/aromatic N) is 1. The van der Waals surface area contributed by atoms with Crippen molar-refractivity contribution in [2.75, 3.05) is 13.7 Å². The Morgan fingerprint density at radius 1 is 1.33 bits per heavy atom. The van der Waals surface area contributed by atoms with Gasteiger partial charge in [0.15, 0.2) is 0 Å². The highest BCUT2D eigenvalue weighted by molar-refractivity contribution is 7.13. The average molecular weight is 262 g/mol. The maximum atomic E-state index is 5.23. The van der Waals surface area contributed by atoms with Crippen LogP contribution in [-0.2, 0) is 17.9 Å². The topological polar surface area (TPSA) is 34.1 Å². The number of methoxy groups -OCH3 is 1. The molecule has 0 amide bonds. The zero-order chi connectivity index (χ0) is 12.8. The van der Waals surface area contributed by atoms with Gasteiger partial charge in [0.2, 0.25) is 0 Å². The summed E-state index contributed by atoms with van der Waals surface area (Å²) in [5.41, 5.74) is 3.46. The number of thiazole rings is 1. The molecule has 4 heteroatoms. The summed E-state index contributed by atoms with van der Waals surface area (Å²) in [7, 11) is 1.72. The summed E-state index contributed by atoms with van der Waals surface area (Å²) in [6.07, 6.45) is 0. The van der Waals surface area contributed by atoms with E-state index in [9.17, 15) is 0 Å². The normalized spacial score (nSPS) is 10.8. The van der Waals surface area contributed by atoms with Gasteiger partial charge >= 0.3 is 0 Å². The van der Waals surface area contributed by atoms with Crippen LogP contribution in [0.15, 0.2) is 29.6 Å². The highest BCUT2D eigenvalue weighted by Gasteiger charge is 2.08. The predicted molar refractivity (Wildman–Crippen MR) is 75.6 cm³/mol. The minimum atomic E-state index is 0.623. The minimum absolute atomic E-state index is 0.623. The number of ether oxygens (including phenoxy) is 1. The lowest BCUT2D eigenvalue weighted by molar-refractivity contribution is 0.185. The maximum Gasteiger partial charge on any atom is 0.124 e. The van der Waals surface area contributed by atoms with E-state index in [0.29, 0.717) is 6.61 Å². The molecule has 18 heavy (non-hydrogen) atoms. The van der Waals surface area contributed by atoms with Crippen LogP contribution in [0.1, 0.15) is 18.2 Å². The molecule has 96 valence electrons. The van der Waals surface area contributed by atoms with E-state index in [0.717, 1.165) is 23.8 Å². The van der Waals surface area contributed by atoms with Gasteiger partial charge in [0.05, 0.1) is 12.3 Å². The number of aromatic nitrogens is 1. The van der Waals surface area contributed by atoms with Crippen molar-refractivity contribution in [3.05, 3.63) is 40.9 Å². The van der Waals surface area contributed by atoms with Crippen LogP contribution in [0.25, 0.3) is 10.6 Å². The first-order chi connectivity index (χ1) is 8.85. The fourth-order valence-corrected chi connectivity index (χ4v) is 2.66. The maximum absolute atomic E-state index is 5.23. The molecule has 0 atom stereocenters. The van der Waals surface area contributed by atoms with Crippen LogP contribution in [0, 0.1) is 0 Å². The van der Waals surface area contributed by atoms with Crippen molar-refractivity contribution in [3.63, 3.8) is 0 Å². The van der Waals surface area contributed by atoms with Crippen LogP contribution < -0.4 is 5.32 Å². The molecule has 0 aliphatic carbocycles. The van der Waals surface area contributed by atoms with Gasteiger partial charge in [-0.3, -0.25) is 0 Å². The molecule has 0 saturated heterocycles. The molecule has 0 spiro atoms. The molecule has 0 radical (unpaired) electrons. The molecule has 0 aliphatic heterocycles. The van der Waals surface area contributed by atoms with Crippen LogP contribution in [0.2, 0.25) is 0 Å². The Kier molecular flexibility index (Phi) is 4.87. The number of rotatable bonds is 6. The van der Waals surface area contributed by atoms with Crippen LogP contribution in [-0.4, -0.2) is 18.6 Å². The second-order valence-corrected chi connectivity index (χ2v) is 4.87. The van der Waals surface area contributed by atoms with Gasteiger partial charge in [0.1, 0.15) is 5.01 Å². The predicted octanol–water partition coefficient (Wildman–Crippen LogP) is 3.07. The van der Waals surface area contributed by atoms with Gasteiger partial charge in [-0.1, -0.05) is 31.2 Å². The third-order valence-electron chi connectivity index (χ3n) is 2.66. The monoisotopic (exact) mass is 262 g/mol. The molecule has 0 bridgehead atoms. The van der Waals surface area contributed by atoms with E-state index in [1.807, 2.05) is 12.1 Å². The molecular formula is C14H18N2OS. The minimum Gasteiger partial charge on any atom is -0.380 e. The molecule has 3 nitrogen and oxygen atoms in total. The lowest BCUT2D eigenvalue weighted by Crippen LogP contribution is -2.11. The summed E-state index contributed by atoms with van der Waals surface area (Å²) in [5, 5.41) is 6.47. The van der Waals surface area contributed by atoms with E-state index in [2.05, 4.69) is 34.7 Å². The van der Waals surface area contributed by atoms with Crippen molar-refractivity contribution in [1.29, 1.82) is 0 Å². The second-order valence-electron chi connectivity index (χ2n) is 4.01. The summed E-state index contributed by atoms with van der Waals surface area (Å²) < 4.78 is 5.23. The Hall–Kier alpha value is -1.23. The Morgan fingerprint density at radius 3 is 2.94 bits per heavy atom. The number of nitrogens with one attached hydrogen (secondary N) is 1. The molecule has 0 unspecified atom stereocenters. The molecule has 1 aromatic carbocycles. The van der Waals surface area contributed by atoms with Crippen LogP contribution in [0.5, 0.6) is 0 Å². The molecule has 1 aromatic heterocycles. The Labute approximate surface area is 112 Å². The average Bonchev–Trinajstić information content (AvgIpc) is 2.86. The Bertz CT molecular complexity index is 496. The number of hydrogen-bond donors (Lipinski definition) is 1. The van der Waals surface area contributed by atoms with Crippen molar-refractivity contribution < 1.29 is 4.74 Å². The standard InChI is InChI=1S/C14H18N2OS/c1-3-15-8-12-10-18-14(16-12)13-7-5-4-6-11(13)9-17-2/h4-7,10,15H,3,8-9H2,1-2H3. The molecule has 0 saturated carbocycles. The first-order valence-electron chi connectivity index (χ1n) is 6.07. The van der Waals surface area contributed by atoms with Gasteiger partial charge < -0.3 is 10.1 Å². The van der Waals surface area contributed by atoms with Crippen LogP contribution >= 0.6 is 11.3 Å². The van der Waals surface area contributed by atoms with Crippen molar-refractivity contribution in [2.45, 2.75) is 20.1 Å². The third kappa shape index (κ3) is 3.16. The summed E-state index contributed by atoms with van der Waals surface area (Å²) >= 11 is 1.69. The van der Waals surface area contributed by atoms with Crippen molar-refractivity contribution in [1.82, 2.24) is 10.3 Å². The largest absolute Gasteiger partial charge is 0.380 e. The van der Waals surface area contributed by atoms with Gasteiger partial charge in [-0.15, -0.1) is 11.3 Å². The van der Waals surface area contributed by atoms with Gasteiger partial charge in [-0.2, -0.15) is 0 Å². The zero-order valence-corrected chi connectivity index (χ0v) is 11.6. The summed E-state index contributed by atoms with van der Waals surface area (Å²) in [6, 6.07) is 8.26. The van der Waals surface area contributed by atoms with E-state index >= 15 is 0 Å². The third-order valence-corrected chi connectivity index (χ3v) is 3.58. The number of hydrogen-bond acceptors (Lipinski definition) is 4. The Balaban J connectivity index is 2.22. The van der Waals surface area contributed by atoms with Gasteiger partial charge in [0, 0.05) is 24.6 Å². The molecule has 0 fully saturated rings. The van der Waals surface area contributed by atoms with E-state index in [1.165, 1.54) is 11.1 Å². The molecule has 2 rings (SSSR count). The lowest BCUT2D eigenvalue weighted by Gasteiger charge is -2.05. The molecule has 1 N–H and O–H groups in total. The molecular weight excluding hydrogens is 244 g/mol. The quantitative estimate of drug-likeness (QED) is 0.868. The smallest absolute Gasteiger partial charge is 0.124 e. The van der Waals surface area contributed by atoms with E-state index < -0.39 is 0 Å². The molecule has 2 aromatic rings. The van der Waals surface area contributed by atoms with Gasteiger partial charge in [-0.25, -0.2) is 4.98 Å². The SMILES string of the molecule is CCNCc1csc(-c2ccccc2COC)n1. The molecule has 1 heterocycles. The lowest BCUT2D eigenvalue weighted by atomic mass is 10.1. The van der Waals surface area contributed by atoms with Crippen LogP contribution in [0.3, 0.4) is 0 Å². The van der Waals surface area contributed by atoms with E-state index in [4.69, 9.17) is 4.74 Å². The van der Waals surface area contributed by atoms with Crippen LogP contribution in [0.4, 0.5) is 0 Å². The fraction of sp³-hybridized carbons (Fsp3) is 0.357. The summed E-state index contributed by atoms with van der Waals surface area (Å²) in [6.45, 7) is 4.52. The van der Waals surface area contributed by atoms with E-state index in [-0.39, 0.29) is 0 Å².